The summed E-state index contributed by atoms with van der Waals surface area (Å²) in [6.07, 6.45) is 1.99. The van der Waals surface area contributed by atoms with Gasteiger partial charge in [0.05, 0.1) is 11.1 Å². The number of pyridine rings is 1. The molecule has 3 aromatic rings. The van der Waals surface area contributed by atoms with E-state index >= 15 is 0 Å². The lowest BCUT2D eigenvalue weighted by molar-refractivity contribution is -0.130. The van der Waals surface area contributed by atoms with Crippen molar-refractivity contribution in [2.75, 3.05) is 25.0 Å². The number of amides is 2. The van der Waals surface area contributed by atoms with Crippen LogP contribution in [0.4, 0.5) is 5.95 Å². The van der Waals surface area contributed by atoms with Crippen LogP contribution in [0, 0.1) is 13.8 Å². The first kappa shape index (κ1) is 21.7. The lowest BCUT2D eigenvalue weighted by Crippen LogP contribution is -2.28. The van der Waals surface area contributed by atoms with Gasteiger partial charge in [-0.2, -0.15) is 0 Å². The van der Waals surface area contributed by atoms with E-state index in [2.05, 4.69) is 15.3 Å². The topological polar surface area (TPSA) is 114 Å². The average Bonchev–Trinajstić information content (AvgIpc) is 3.25. The number of nitrogens with one attached hydrogen (secondary N) is 1. The molecule has 8 nitrogen and oxygen atoms in total. The van der Waals surface area contributed by atoms with Crippen molar-refractivity contribution in [3.05, 3.63) is 59.0 Å². The van der Waals surface area contributed by atoms with Crippen molar-refractivity contribution in [1.29, 1.82) is 0 Å². The Morgan fingerprint density at radius 1 is 1.12 bits per heavy atom. The van der Waals surface area contributed by atoms with Gasteiger partial charge in [-0.1, -0.05) is 18.2 Å². The molecule has 0 saturated carbocycles. The van der Waals surface area contributed by atoms with Crippen LogP contribution in [-0.2, 0) is 4.79 Å². The van der Waals surface area contributed by atoms with Crippen molar-refractivity contribution in [3.8, 4) is 0 Å². The second kappa shape index (κ2) is 9.30. The molecule has 1 aliphatic rings. The molecule has 2 amide bonds. The number of nitrogens with zero attached hydrogens (tertiary/aromatic N) is 4. The number of hydrogen-bond acceptors (Lipinski definition) is 6. The summed E-state index contributed by atoms with van der Waals surface area (Å²) in [5, 5.41) is 3.95. The van der Waals surface area contributed by atoms with E-state index in [0.29, 0.717) is 44.0 Å². The quantitative estimate of drug-likeness (QED) is 0.555. The zero-order valence-electron chi connectivity index (χ0n) is 18.5. The minimum Gasteiger partial charge on any atom is -0.366 e. The zero-order chi connectivity index (χ0) is 22.7. The Morgan fingerprint density at radius 3 is 2.62 bits per heavy atom. The molecule has 2 aromatic heterocycles. The molecule has 3 heterocycles. The predicted octanol–water partition coefficient (Wildman–Crippen LogP) is 2.95. The fourth-order valence-corrected chi connectivity index (χ4v) is 4.24. The molecule has 32 heavy (non-hydrogen) atoms. The van der Waals surface area contributed by atoms with E-state index in [-0.39, 0.29) is 11.8 Å². The minimum atomic E-state index is -0.462. The maximum Gasteiger partial charge on any atom is 0.249 e. The Hall–Kier alpha value is -3.55. The molecule has 0 spiro atoms. The number of carbonyl (C=O) groups is 2. The first-order valence-corrected chi connectivity index (χ1v) is 10.9. The Balaban J connectivity index is 1.34. The molecule has 1 aromatic carbocycles. The average molecular weight is 433 g/mol. The molecule has 0 aliphatic carbocycles. The highest BCUT2D eigenvalue weighted by Crippen LogP contribution is 2.29. The number of carbonyl (C=O) groups excluding carboxylic acids is 2. The number of aromatic nitrogens is 3. The van der Waals surface area contributed by atoms with Gasteiger partial charge in [0.15, 0.2) is 0 Å². The van der Waals surface area contributed by atoms with Crippen LogP contribution in [0.1, 0.15) is 52.6 Å². The number of aryl methyl sites for hydroxylation is 2. The molecular formula is C24H28N6O2. The highest BCUT2D eigenvalue weighted by molar-refractivity contribution is 6.05. The number of nitrogens with two attached hydrogens (primary N) is 1. The summed E-state index contributed by atoms with van der Waals surface area (Å²) in [5.41, 5.74) is 9.49. The third-order valence-corrected chi connectivity index (χ3v) is 5.79. The SMILES string of the molecule is Cc1cc(C)nc(NCCCC(=O)N2CC[C@H](c3cc(C(N)=O)c4ccccc4n3)C2)n1. The second-order valence-corrected chi connectivity index (χ2v) is 8.31. The van der Waals surface area contributed by atoms with Gasteiger partial charge in [0, 0.05) is 54.4 Å². The molecule has 1 fully saturated rings. The zero-order valence-corrected chi connectivity index (χ0v) is 18.5. The summed E-state index contributed by atoms with van der Waals surface area (Å²) < 4.78 is 0. The van der Waals surface area contributed by atoms with Gasteiger partial charge in [0.25, 0.3) is 0 Å². The summed E-state index contributed by atoms with van der Waals surface area (Å²) in [5.74, 6) is 0.370. The molecule has 1 aliphatic heterocycles. The smallest absolute Gasteiger partial charge is 0.249 e. The van der Waals surface area contributed by atoms with Gasteiger partial charge in [-0.15, -0.1) is 0 Å². The Morgan fingerprint density at radius 2 is 1.88 bits per heavy atom. The molecule has 3 N–H and O–H groups in total. The van der Waals surface area contributed by atoms with Gasteiger partial charge in [0.2, 0.25) is 17.8 Å². The van der Waals surface area contributed by atoms with Gasteiger partial charge in [0.1, 0.15) is 0 Å². The fraction of sp³-hybridized carbons (Fsp3) is 0.375. The first-order chi connectivity index (χ1) is 15.4. The molecule has 8 heteroatoms. The molecule has 0 radical (unpaired) electrons. The third kappa shape index (κ3) is 4.85. The van der Waals surface area contributed by atoms with Crippen LogP contribution in [0.3, 0.4) is 0 Å². The van der Waals surface area contributed by atoms with Crippen LogP contribution >= 0.6 is 0 Å². The molecule has 1 atom stereocenters. The van der Waals surface area contributed by atoms with Gasteiger partial charge in [-0.3, -0.25) is 14.6 Å². The van der Waals surface area contributed by atoms with Crippen molar-refractivity contribution in [2.24, 2.45) is 5.73 Å². The number of primary amides is 1. The number of fused-ring (bicyclic) bond motifs is 1. The molecule has 0 unspecified atom stereocenters. The van der Waals surface area contributed by atoms with E-state index < -0.39 is 5.91 Å². The van der Waals surface area contributed by atoms with Crippen molar-refractivity contribution in [2.45, 2.75) is 39.0 Å². The van der Waals surface area contributed by atoms with Crippen molar-refractivity contribution in [3.63, 3.8) is 0 Å². The molecular weight excluding hydrogens is 404 g/mol. The summed E-state index contributed by atoms with van der Waals surface area (Å²) in [4.78, 5) is 40.0. The Kier molecular flexibility index (Phi) is 6.30. The van der Waals surface area contributed by atoms with Gasteiger partial charge >= 0.3 is 0 Å². The van der Waals surface area contributed by atoms with Gasteiger partial charge < -0.3 is 16.0 Å². The van der Waals surface area contributed by atoms with E-state index in [9.17, 15) is 9.59 Å². The van der Waals surface area contributed by atoms with Crippen LogP contribution in [0.5, 0.6) is 0 Å². The summed E-state index contributed by atoms with van der Waals surface area (Å²) >= 11 is 0. The highest BCUT2D eigenvalue weighted by Gasteiger charge is 2.28. The lowest BCUT2D eigenvalue weighted by atomic mass is 9.99. The maximum atomic E-state index is 12.7. The second-order valence-electron chi connectivity index (χ2n) is 8.31. The van der Waals surface area contributed by atoms with Crippen molar-refractivity contribution < 1.29 is 9.59 Å². The largest absolute Gasteiger partial charge is 0.366 e. The van der Waals surface area contributed by atoms with Gasteiger partial charge in [-0.25, -0.2) is 9.97 Å². The van der Waals surface area contributed by atoms with Crippen molar-refractivity contribution >= 4 is 28.7 Å². The molecule has 166 valence electrons. The van der Waals surface area contributed by atoms with Gasteiger partial charge in [-0.05, 0) is 44.9 Å². The fourth-order valence-electron chi connectivity index (χ4n) is 4.24. The number of para-hydroxylation sites is 1. The van der Waals surface area contributed by atoms with E-state index in [1.165, 1.54) is 0 Å². The molecule has 1 saturated heterocycles. The Bertz CT molecular complexity index is 1140. The summed E-state index contributed by atoms with van der Waals surface area (Å²) in [6.45, 7) is 5.81. The van der Waals surface area contributed by atoms with Crippen molar-refractivity contribution in [1.82, 2.24) is 19.9 Å². The molecule has 0 bridgehead atoms. The number of rotatable bonds is 7. The maximum absolute atomic E-state index is 12.7. The monoisotopic (exact) mass is 432 g/mol. The van der Waals surface area contributed by atoms with E-state index in [1.807, 2.05) is 49.1 Å². The van der Waals surface area contributed by atoms with Crippen LogP contribution in [0.2, 0.25) is 0 Å². The third-order valence-electron chi connectivity index (χ3n) is 5.79. The normalized spacial score (nSPS) is 15.8. The van der Waals surface area contributed by atoms with Crippen LogP contribution in [0.15, 0.2) is 36.4 Å². The number of likely N-dealkylation sites (tertiary alicyclic amines) is 1. The lowest BCUT2D eigenvalue weighted by Gasteiger charge is -2.17. The van der Waals surface area contributed by atoms with E-state index in [0.717, 1.165) is 34.4 Å². The summed E-state index contributed by atoms with van der Waals surface area (Å²) in [6, 6.07) is 11.2. The number of anilines is 1. The Labute approximate surface area is 187 Å². The summed E-state index contributed by atoms with van der Waals surface area (Å²) in [7, 11) is 0. The highest BCUT2D eigenvalue weighted by atomic mass is 16.2. The number of benzene rings is 1. The predicted molar refractivity (Wildman–Crippen MR) is 123 cm³/mol. The minimum absolute atomic E-state index is 0.100. The van der Waals surface area contributed by atoms with E-state index in [4.69, 9.17) is 10.7 Å². The van der Waals surface area contributed by atoms with E-state index in [1.54, 1.807) is 6.07 Å². The van der Waals surface area contributed by atoms with Crippen LogP contribution in [-0.4, -0.2) is 51.3 Å². The van der Waals surface area contributed by atoms with Crippen LogP contribution < -0.4 is 11.1 Å². The molecule has 4 rings (SSSR count). The number of hydrogen-bond donors (Lipinski definition) is 2. The standard InChI is InChI=1S/C24H28N6O2/c1-15-12-16(2)28-24(27-15)26-10-5-8-22(31)30-11-9-17(14-30)21-13-19(23(25)32)18-6-3-4-7-20(18)29-21/h3-4,6-7,12-13,17H,5,8-11,14H2,1-2H3,(H2,25,32)(H,26,27,28)/t17-/m0/s1. The first-order valence-electron chi connectivity index (χ1n) is 10.9. The van der Waals surface area contributed by atoms with Crippen LogP contribution in [0.25, 0.3) is 10.9 Å².